The molecule has 2 aromatic heterocycles. The molecule has 0 saturated carbocycles. The van der Waals surface area contributed by atoms with Crippen molar-refractivity contribution in [2.24, 2.45) is 0 Å². The molecule has 98 valence electrons. The summed E-state index contributed by atoms with van der Waals surface area (Å²) in [5, 5.41) is 6.77. The van der Waals surface area contributed by atoms with Gasteiger partial charge in [0.15, 0.2) is 0 Å². The predicted octanol–water partition coefficient (Wildman–Crippen LogP) is 3.00. The van der Waals surface area contributed by atoms with Gasteiger partial charge in [-0.25, -0.2) is 4.98 Å². The number of hydrogen-bond donors (Lipinski definition) is 1. The van der Waals surface area contributed by atoms with E-state index < -0.39 is 0 Å². The number of aryl methyl sites for hydroxylation is 2. The molecule has 0 aliphatic heterocycles. The second-order valence-corrected chi connectivity index (χ2v) is 5.60. The zero-order valence-corrected chi connectivity index (χ0v) is 12.0. The molecule has 2 heterocycles. The predicted molar refractivity (Wildman–Crippen MR) is 77.0 cm³/mol. The van der Waals surface area contributed by atoms with Crippen LogP contribution in [0, 0.1) is 6.92 Å². The van der Waals surface area contributed by atoms with Crippen molar-refractivity contribution in [3.05, 3.63) is 40.1 Å². The molecule has 0 atom stereocenters. The minimum atomic E-state index is 0.944. The molecule has 0 bridgehead atoms. The van der Waals surface area contributed by atoms with Crippen molar-refractivity contribution in [2.45, 2.75) is 39.8 Å². The minimum absolute atomic E-state index is 0.944. The lowest BCUT2D eigenvalue weighted by atomic mass is 10.3. The topological polar surface area (TPSA) is 29.9 Å². The van der Waals surface area contributed by atoms with Gasteiger partial charge in [0.25, 0.3) is 0 Å². The lowest BCUT2D eigenvalue weighted by Gasteiger charge is -2.02. The van der Waals surface area contributed by atoms with Crippen molar-refractivity contribution in [2.75, 3.05) is 6.54 Å². The van der Waals surface area contributed by atoms with E-state index in [2.05, 4.69) is 52.6 Å². The Morgan fingerprint density at radius 2 is 2.33 bits per heavy atom. The normalized spacial score (nSPS) is 11.0. The van der Waals surface area contributed by atoms with Gasteiger partial charge in [-0.15, -0.1) is 11.3 Å². The van der Waals surface area contributed by atoms with Crippen LogP contribution in [-0.4, -0.2) is 16.1 Å². The van der Waals surface area contributed by atoms with E-state index >= 15 is 0 Å². The Morgan fingerprint density at radius 1 is 1.44 bits per heavy atom. The van der Waals surface area contributed by atoms with Gasteiger partial charge >= 0.3 is 0 Å². The zero-order valence-electron chi connectivity index (χ0n) is 11.1. The summed E-state index contributed by atoms with van der Waals surface area (Å²) in [5.41, 5.74) is 2.56. The van der Waals surface area contributed by atoms with Crippen LogP contribution in [0.15, 0.2) is 23.8 Å². The molecule has 2 aromatic rings. The van der Waals surface area contributed by atoms with Crippen molar-refractivity contribution in [3.8, 4) is 0 Å². The summed E-state index contributed by atoms with van der Waals surface area (Å²) in [4.78, 5) is 4.46. The second kappa shape index (κ2) is 6.71. The maximum atomic E-state index is 4.46. The fourth-order valence-electron chi connectivity index (χ4n) is 1.96. The highest BCUT2D eigenvalue weighted by molar-refractivity contribution is 7.09. The van der Waals surface area contributed by atoms with Gasteiger partial charge in [0.05, 0.1) is 10.7 Å². The Balaban J connectivity index is 1.68. The third-order valence-electron chi connectivity index (χ3n) is 2.85. The molecule has 18 heavy (non-hydrogen) atoms. The zero-order chi connectivity index (χ0) is 12.8. The fourth-order valence-corrected chi connectivity index (χ4v) is 2.61. The van der Waals surface area contributed by atoms with Crippen molar-refractivity contribution in [1.82, 2.24) is 14.9 Å². The molecule has 0 amide bonds. The Bertz CT molecular complexity index is 473. The largest absolute Gasteiger partial charge is 0.354 e. The smallest absolute Gasteiger partial charge is 0.0897 e. The molecule has 0 spiro atoms. The molecular formula is C14H21N3S. The first-order chi connectivity index (χ1) is 8.78. The van der Waals surface area contributed by atoms with Crippen molar-refractivity contribution < 1.29 is 0 Å². The van der Waals surface area contributed by atoms with Crippen LogP contribution in [0.3, 0.4) is 0 Å². The molecular weight excluding hydrogens is 242 g/mol. The molecule has 0 saturated heterocycles. The maximum Gasteiger partial charge on any atom is 0.0897 e. The lowest BCUT2D eigenvalue weighted by molar-refractivity contribution is 0.664. The van der Waals surface area contributed by atoms with Crippen LogP contribution in [0.5, 0.6) is 0 Å². The highest BCUT2D eigenvalue weighted by Gasteiger charge is 1.99. The Labute approximate surface area is 113 Å². The molecule has 0 unspecified atom stereocenters. The van der Waals surface area contributed by atoms with E-state index in [0.29, 0.717) is 0 Å². The maximum absolute atomic E-state index is 4.46. The SMILES string of the molecule is CCCn1ccc(CNCCc2csc(C)n2)c1. The minimum Gasteiger partial charge on any atom is -0.354 e. The summed E-state index contributed by atoms with van der Waals surface area (Å²) in [6.45, 7) is 7.30. The van der Waals surface area contributed by atoms with Crippen LogP contribution in [-0.2, 0) is 19.5 Å². The molecule has 2 rings (SSSR count). The van der Waals surface area contributed by atoms with Gasteiger partial charge in [-0.2, -0.15) is 0 Å². The first-order valence-electron chi connectivity index (χ1n) is 6.54. The Hall–Kier alpha value is -1.13. The van der Waals surface area contributed by atoms with E-state index in [1.807, 2.05) is 0 Å². The third kappa shape index (κ3) is 3.96. The van der Waals surface area contributed by atoms with Crippen molar-refractivity contribution in [1.29, 1.82) is 0 Å². The van der Waals surface area contributed by atoms with E-state index in [1.165, 1.54) is 17.7 Å². The summed E-state index contributed by atoms with van der Waals surface area (Å²) in [7, 11) is 0. The van der Waals surface area contributed by atoms with Crippen molar-refractivity contribution >= 4 is 11.3 Å². The lowest BCUT2D eigenvalue weighted by Crippen LogP contribution is -2.16. The van der Waals surface area contributed by atoms with Gasteiger partial charge in [-0.05, 0) is 25.0 Å². The molecule has 1 N–H and O–H groups in total. The van der Waals surface area contributed by atoms with Crippen molar-refractivity contribution in [3.63, 3.8) is 0 Å². The van der Waals surface area contributed by atoms with Crippen LogP contribution in [0.25, 0.3) is 0 Å². The molecule has 0 fully saturated rings. The quantitative estimate of drug-likeness (QED) is 0.778. The molecule has 0 radical (unpaired) electrons. The summed E-state index contributed by atoms with van der Waals surface area (Å²) in [5.74, 6) is 0. The van der Waals surface area contributed by atoms with Crippen LogP contribution in [0.2, 0.25) is 0 Å². The fraction of sp³-hybridized carbons (Fsp3) is 0.500. The molecule has 4 heteroatoms. The standard InChI is InChI=1S/C14H21N3S/c1-3-7-17-8-5-13(10-17)9-15-6-4-14-11-18-12(2)16-14/h5,8,10-11,15H,3-4,6-7,9H2,1-2H3. The van der Waals surface area contributed by atoms with E-state index in [-0.39, 0.29) is 0 Å². The number of hydrogen-bond acceptors (Lipinski definition) is 3. The number of rotatable bonds is 7. The number of nitrogens with zero attached hydrogens (tertiary/aromatic N) is 2. The number of thiazole rings is 1. The van der Waals surface area contributed by atoms with Crippen LogP contribution < -0.4 is 5.32 Å². The highest BCUT2D eigenvalue weighted by Crippen LogP contribution is 2.08. The van der Waals surface area contributed by atoms with E-state index in [1.54, 1.807) is 11.3 Å². The van der Waals surface area contributed by atoms with E-state index in [0.717, 1.165) is 31.1 Å². The molecule has 0 aliphatic rings. The summed E-state index contributed by atoms with van der Waals surface area (Å²) >= 11 is 1.73. The molecule has 0 aromatic carbocycles. The van der Waals surface area contributed by atoms with Crippen LogP contribution >= 0.6 is 11.3 Å². The van der Waals surface area contributed by atoms with E-state index in [9.17, 15) is 0 Å². The first kappa shape index (κ1) is 13.3. The monoisotopic (exact) mass is 263 g/mol. The van der Waals surface area contributed by atoms with Crippen LogP contribution in [0.4, 0.5) is 0 Å². The summed E-state index contributed by atoms with van der Waals surface area (Å²) < 4.78 is 2.25. The highest BCUT2D eigenvalue weighted by atomic mass is 32.1. The van der Waals surface area contributed by atoms with Gasteiger partial charge in [-0.3, -0.25) is 0 Å². The molecule has 0 aliphatic carbocycles. The number of aromatic nitrogens is 2. The van der Waals surface area contributed by atoms with Gasteiger partial charge in [0.2, 0.25) is 0 Å². The average Bonchev–Trinajstić information content (AvgIpc) is 2.95. The Kier molecular flexibility index (Phi) is 4.96. The van der Waals surface area contributed by atoms with Gasteiger partial charge in [0.1, 0.15) is 0 Å². The average molecular weight is 263 g/mol. The Morgan fingerprint density at radius 3 is 3.06 bits per heavy atom. The summed E-state index contributed by atoms with van der Waals surface area (Å²) in [6.07, 6.45) is 6.58. The van der Waals surface area contributed by atoms with E-state index in [4.69, 9.17) is 0 Å². The second-order valence-electron chi connectivity index (χ2n) is 4.54. The van der Waals surface area contributed by atoms with Crippen LogP contribution in [0.1, 0.15) is 29.6 Å². The number of nitrogens with one attached hydrogen (secondary N) is 1. The van der Waals surface area contributed by atoms with Gasteiger partial charge < -0.3 is 9.88 Å². The molecule has 3 nitrogen and oxygen atoms in total. The third-order valence-corrected chi connectivity index (χ3v) is 3.67. The van der Waals surface area contributed by atoms with Gasteiger partial charge in [-0.1, -0.05) is 6.92 Å². The van der Waals surface area contributed by atoms with Gasteiger partial charge in [0, 0.05) is 43.8 Å². The summed E-state index contributed by atoms with van der Waals surface area (Å²) in [6, 6.07) is 2.19. The first-order valence-corrected chi connectivity index (χ1v) is 7.42.